The van der Waals surface area contributed by atoms with Crippen molar-refractivity contribution in [2.75, 3.05) is 0 Å². The number of nitrogens with two attached hydrogens (primary N) is 1. The summed E-state index contributed by atoms with van der Waals surface area (Å²) in [6.45, 7) is 0. The molecule has 1 unspecified atom stereocenters. The first-order valence-electron chi connectivity index (χ1n) is 5.70. The number of halogens is 1. The molecule has 0 saturated carbocycles. The molecule has 4 heteroatoms. The molecule has 0 aromatic carbocycles. The van der Waals surface area contributed by atoms with Crippen molar-refractivity contribution < 1.29 is 0 Å². The van der Waals surface area contributed by atoms with Gasteiger partial charge in [-0.25, -0.2) is 5.43 Å². The van der Waals surface area contributed by atoms with Crippen molar-refractivity contribution in [3.05, 3.63) is 31.5 Å². The topological polar surface area (TPSA) is 38.0 Å². The second-order valence-corrected chi connectivity index (χ2v) is 6.97. The highest BCUT2D eigenvalue weighted by Crippen LogP contribution is 2.31. The fraction of sp³-hybridized carbons (Fsp3) is 0.500. The van der Waals surface area contributed by atoms with Crippen LogP contribution in [0.3, 0.4) is 0 Å². The minimum absolute atomic E-state index is 0.220. The summed E-state index contributed by atoms with van der Waals surface area (Å²) in [7, 11) is 0. The summed E-state index contributed by atoms with van der Waals surface area (Å²) in [5.41, 5.74) is 5.74. The molecule has 1 aromatic heterocycles. The number of hydrazine groups is 1. The summed E-state index contributed by atoms with van der Waals surface area (Å²) in [5, 5.41) is 2.21. The molecule has 2 rings (SSSR count). The highest BCUT2D eigenvalue weighted by atomic mass is 127. The number of thiophene rings is 1. The average molecular weight is 348 g/mol. The van der Waals surface area contributed by atoms with Crippen LogP contribution in [0, 0.1) is 2.88 Å². The molecule has 0 bridgehead atoms. The molecule has 1 aliphatic carbocycles. The Labute approximate surface area is 114 Å². The van der Waals surface area contributed by atoms with Gasteiger partial charge in [0, 0.05) is 0 Å². The summed E-state index contributed by atoms with van der Waals surface area (Å²) in [6.07, 6.45) is 8.73. The van der Waals surface area contributed by atoms with Crippen LogP contribution in [0.25, 0.3) is 0 Å². The van der Waals surface area contributed by atoms with Gasteiger partial charge in [-0.05, 0) is 65.3 Å². The van der Waals surface area contributed by atoms with Crippen molar-refractivity contribution in [1.82, 2.24) is 5.43 Å². The van der Waals surface area contributed by atoms with Crippen molar-refractivity contribution in [3.8, 4) is 0 Å². The standard InChI is InChI=1S/C12H17IN2S/c13-11-7-10(8-16-11)12(15-14)9-5-3-1-2-4-6-9/h5,7-8,12,15H,1-4,6,14H2. The minimum Gasteiger partial charge on any atom is -0.271 e. The summed E-state index contributed by atoms with van der Waals surface area (Å²) in [6, 6.07) is 2.44. The van der Waals surface area contributed by atoms with Crippen LogP contribution in [0.1, 0.15) is 43.7 Å². The molecule has 0 spiro atoms. The predicted molar refractivity (Wildman–Crippen MR) is 78.3 cm³/mol. The quantitative estimate of drug-likeness (QED) is 0.378. The van der Waals surface area contributed by atoms with Crippen LogP contribution < -0.4 is 11.3 Å². The lowest BCUT2D eigenvalue weighted by Crippen LogP contribution is -2.29. The molecule has 1 aliphatic rings. The molecule has 1 heterocycles. The molecule has 0 aliphatic heterocycles. The van der Waals surface area contributed by atoms with Gasteiger partial charge in [0.05, 0.1) is 8.93 Å². The second-order valence-electron chi connectivity index (χ2n) is 4.16. The molecule has 0 saturated heterocycles. The summed E-state index contributed by atoms with van der Waals surface area (Å²) < 4.78 is 1.32. The largest absolute Gasteiger partial charge is 0.271 e. The van der Waals surface area contributed by atoms with Crippen molar-refractivity contribution in [3.63, 3.8) is 0 Å². The number of allylic oxidation sites excluding steroid dienone is 1. The third kappa shape index (κ3) is 3.06. The Morgan fingerprint density at radius 1 is 1.38 bits per heavy atom. The molecular formula is C12H17IN2S. The van der Waals surface area contributed by atoms with Crippen LogP contribution in [0.2, 0.25) is 0 Å². The molecule has 0 amide bonds. The third-order valence-electron chi connectivity index (χ3n) is 3.03. The van der Waals surface area contributed by atoms with Gasteiger partial charge in [0.1, 0.15) is 0 Å². The predicted octanol–water partition coefficient (Wildman–Crippen LogP) is 3.75. The van der Waals surface area contributed by atoms with Gasteiger partial charge >= 0.3 is 0 Å². The van der Waals surface area contributed by atoms with Gasteiger partial charge in [-0.1, -0.05) is 18.1 Å². The first-order valence-corrected chi connectivity index (χ1v) is 7.66. The van der Waals surface area contributed by atoms with E-state index in [1.165, 1.54) is 46.1 Å². The van der Waals surface area contributed by atoms with Crippen molar-refractivity contribution >= 4 is 33.9 Å². The number of hydrogen-bond donors (Lipinski definition) is 2. The van der Waals surface area contributed by atoms with Crippen LogP contribution >= 0.6 is 33.9 Å². The van der Waals surface area contributed by atoms with E-state index in [4.69, 9.17) is 5.84 Å². The molecule has 0 fully saturated rings. The summed E-state index contributed by atoms with van der Waals surface area (Å²) in [4.78, 5) is 0. The fourth-order valence-electron chi connectivity index (χ4n) is 2.19. The molecular weight excluding hydrogens is 331 g/mol. The zero-order chi connectivity index (χ0) is 11.4. The highest BCUT2D eigenvalue weighted by Gasteiger charge is 2.17. The summed E-state index contributed by atoms with van der Waals surface area (Å²) in [5.74, 6) is 5.71. The van der Waals surface area contributed by atoms with E-state index in [9.17, 15) is 0 Å². The highest BCUT2D eigenvalue weighted by molar-refractivity contribution is 14.1. The van der Waals surface area contributed by atoms with Gasteiger partial charge in [-0.15, -0.1) is 11.3 Å². The van der Waals surface area contributed by atoms with E-state index in [1.807, 2.05) is 0 Å². The van der Waals surface area contributed by atoms with E-state index in [0.717, 1.165) is 0 Å². The Morgan fingerprint density at radius 3 is 2.94 bits per heavy atom. The fourth-order valence-corrected chi connectivity index (χ4v) is 3.59. The maximum Gasteiger partial charge on any atom is 0.0678 e. The Morgan fingerprint density at radius 2 is 2.25 bits per heavy atom. The monoisotopic (exact) mass is 348 g/mol. The van der Waals surface area contributed by atoms with Crippen LogP contribution in [0.4, 0.5) is 0 Å². The Bertz CT molecular complexity index is 373. The Balaban J connectivity index is 2.18. The van der Waals surface area contributed by atoms with Crippen LogP contribution in [-0.2, 0) is 0 Å². The van der Waals surface area contributed by atoms with E-state index in [2.05, 4.69) is 45.5 Å². The molecule has 1 aromatic rings. The van der Waals surface area contributed by atoms with E-state index in [0.29, 0.717) is 0 Å². The maximum absolute atomic E-state index is 5.71. The number of hydrogen-bond acceptors (Lipinski definition) is 3. The van der Waals surface area contributed by atoms with Gasteiger partial charge in [0.15, 0.2) is 0 Å². The lowest BCUT2D eigenvalue weighted by molar-refractivity contribution is 0.594. The van der Waals surface area contributed by atoms with Crippen LogP contribution in [0.15, 0.2) is 23.1 Å². The van der Waals surface area contributed by atoms with Gasteiger partial charge in [0.2, 0.25) is 0 Å². The van der Waals surface area contributed by atoms with Crippen molar-refractivity contribution in [1.29, 1.82) is 0 Å². The molecule has 88 valence electrons. The number of nitrogens with one attached hydrogen (secondary N) is 1. The molecule has 1 atom stereocenters. The van der Waals surface area contributed by atoms with E-state index in [1.54, 1.807) is 11.3 Å². The lowest BCUT2D eigenvalue weighted by atomic mass is 9.98. The third-order valence-corrected chi connectivity index (χ3v) is 4.84. The maximum atomic E-state index is 5.71. The second kappa shape index (κ2) is 6.14. The molecule has 3 N–H and O–H groups in total. The average Bonchev–Trinajstić information content (AvgIpc) is 2.55. The van der Waals surface area contributed by atoms with Crippen LogP contribution in [0.5, 0.6) is 0 Å². The van der Waals surface area contributed by atoms with Gasteiger partial charge in [-0.2, -0.15) is 0 Å². The smallest absolute Gasteiger partial charge is 0.0678 e. The first kappa shape index (κ1) is 12.5. The Hall–Kier alpha value is 0.0900. The van der Waals surface area contributed by atoms with E-state index in [-0.39, 0.29) is 6.04 Å². The van der Waals surface area contributed by atoms with E-state index >= 15 is 0 Å². The molecule has 16 heavy (non-hydrogen) atoms. The summed E-state index contributed by atoms with van der Waals surface area (Å²) >= 11 is 4.14. The first-order chi connectivity index (χ1) is 7.81. The number of rotatable bonds is 3. The SMILES string of the molecule is NNC(C1=CCCCCC1)c1csc(I)c1. The Kier molecular flexibility index (Phi) is 4.81. The van der Waals surface area contributed by atoms with Gasteiger partial charge < -0.3 is 0 Å². The normalized spacial score (nSPS) is 19.0. The zero-order valence-electron chi connectivity index (χ0n) is 9.21. The van der Waals surface area contributed by atoms with E-state index < -0.39 is 0 Å². The molecule has 0 radical (unpaired) electrons. The van der Waals surface area contributed by atoms with Gasteiger partial charge in [-0.3, -0.25) is 5.84 Å². The van der Waals surface area contributed by atoms with Gasteiger partial charge in [0.25, 0.3) is 0 Å². The zero-order valence-corrected chi connectivity index (χ0v) is 12.2. The molecule has 2 nitrogen and oxygen atoms in total. The minimum atomic E-state index is 0.220. The van der Waals surface area contributed by atoms with Crippen molar-refractivity contribution in [2.45, 2.75) is 38.1 Å². The lowest BCUT2D eigenvalue weighted by Gasteiger charge is -2.18. The van der Waals surface area contributed by atoms with Crippen LogP contribution in [-0.4, -0.2) is 0 Å². The van der Waals surface area contributed by atoms with Crippen molar-refractivity contribution in [2.24, 2.45) is 5.84 Å².